The summed E-state index contributed by atoms with van der Waals surface area (Å²) in [5.74, 6) is 0.411. The van der Waals surface area contributed by atoms with Crippen molar-refractivity contribution in [2.24, 2.45) is 23.7 Å². The molecule has 2 aliphatic rings. The molecule has 0 radical (unpaired) electrons. The highest BCUT2D eigenvalue weighted by molar-refractivity contribution is 7.22. The van der Waals surface area contributed by atoms with E-state index in [2.05, 4.69) is 0 Å². The van der Waals surface area contributed by atoms with E-state index < -0.39 is 0 Å². The van der Waals surface area contributed by atoms with Crippen LogP contribution >= 0.6 is 22.7 Å². The van der Waals surface area contributed by atoms with E-state index in [1.165, 1.54) is 22.7 Å². The first-order valence-corrected chi connectivity index (χ1v) is 15.8. The number of carbonyl (C=O) groups excluding carboxylic acids is 4. The molecule has 3 heterocycles. The molecule has 2 aliphatic carbocycles. The summed E-state index contributed by atoms with van der Waals surface area (Å²) in [6.07, 6.45) is 5.20. The van der Waals surface area contributed by atoms with Gasteiger partial charge >= 0.3 is 11.9 Å². The topological polar surface area (TPSA) is 113 Å². The molecule has 3 aromatic heterocycles. The molecule has 41 heavy (non-hydrogen) atoms. The van der Waals surface area contributed by atoms with Crippen molar-refractivity contribution < 1.29 is 33.1 Å². The Hall–Kier alpha value is -3.37. The number of hydrogen-bond acceptors (Lipinski definition) is 10. The first-order chi connectivity index (χ1) is 19.8. The van der Waals surface area contributed by atoms with Crippen LogP contribution in [0.5, 0.6) is 11.5 Å². The maximum Gasteiger partial charge on any atom is 0.314 e. The Morgan fingerprint density at radius 2 is 1.32 bits per heavy atom. The second-order valence-corrected chi connectivity index (χ2v) is 13.1. The predicted molar refractivity (Wildman–Crippen MR) is 156 cm³/mol. The van der Waals surface area contributed by atoms with Gasteiger partial charge in [-0.2, -0.15) is 0 Å². The molecule has 6 rings (SSSR count). The first-order valence-electron chi connectivity index (χ1n) is 14.1. The second kappa shape index (κ2) is 11.5. The Labute approximate surface area is 245 Å². The van der Waals surface area contributed by atoms with E-state index in [9.17, 15) is 19.2 Å². The third-order valence-corrected chi connectivity index (χ3v) is 10.4. The van der Waals surface area contributed by atoms with Gasteiger partial charge in [0.05, 0.1) is 11.8 Å². The van der Waals surface area contributed by atoms with E-state index in [1.807, 2.05) is 17.5 Å². The lowest BCUT2D eigenvalue weighted by Crippen LogP contribution is -2.28. The predicted octanol–water partition coefficient (Wildman–Crippen LogP) is 7.37. The highest BCUT2D eigenvalue weighted by atomic mass is 32.1. The molecule has 0 N–H and O–H groups in total. The largest absolute Gasteiger partial charge is 0.443 e. The number of carbonyl (C=O) groups is 4. The van der Waals surface area contributed by atoms with Crippen LogP contribution in [0, 0.1) is 23.7 Å². The summed E-state index contributed by atoms with van der Waals surface area (Å²) in [5, 5.41) is 3.53. The zero-order valence-electron chi connectivity index (χ0n) is 23.0. The van der Waals surface area contributed by atoms with Gasteiger partial charge in [-0.25, -0.2) is 4.98 Å². The minimum atomic E-state index is -0.339. The summed E-state index contributed by atoms with van der Waals surface area (Å²) in [5.41, 5.74) is 0.432. The van der Waals surface area contributed by atoms with Gasteiger partial charge in [-0.3, -0.25) is 19.2 Å². The molecule has 8 nitrogen and oxygen atoms in total. The number of aromatic nitrogens is 1. The van der Waals surface area contributed by atoms with E-state index in [0.29, 0.717) is 83.9 Å². The van der Waals surface area contributed by atoms with Crippen LogP contribution in [0.25, 0.3) is 31.3 Å². The quantitative estimate of drug-likeness (QED) is 0.161. The van der Waals surface area contributed by atoms with E-state index in [-0.39, 0.29) is 47.2 Å². The molecule has 0 atom stereocenters. The van der Waals surface area contributed by atoms with Crippen LogP contribution in [0.4, 0.5) is 0 Å². The normalized spacial score (nSPS) is 23.0. The number of esters is 2. The fourth-order valence-corrected chi connectivity index (χ4v) is 7.68. The van der Waals surface area contributed by atoms with Crippen molar-refractivity contribution in [3.63, 3.8) is 0 Å². The molecule has 0 saturated heterocycles. The van der Waals surface area contributed by atoms with E-state index >= 15 is 0 Å². The van der Waals surface area contributed by atoms with Crippen LogP contribution in [0.2, 0.25) is 0 Å². The van der Waals surface area contributed by atoms with Crippen molar-refractivity contribution in [2.75, 3.05) is 0 Å². The summed E-state index contributed by atoms with van der Waals surface area (Å²) < 4.78 is 18.4. The number of nitrogens with zero attached hydrogens (tertiary/aromatic N) is 1. The standard InChI is InChI=1S/C31H31NO7S2/c1-16(33)18-3-7-20(8-4-18)29(35)37-23-11-12-24(38-30(36)21-9-5-19(6-10-21)17(2)34)27-26(23)32-28(41-27)25-15-22-13-14-40-31(22)39-25/h11-15,18-21H,3-10H2,1-2H3. The summed E-state index contributed by atoms with van der Waals surface area (Å²) in [4.78, 5) is 55.3. The molecule has 0 unspecified atom stereocenters. The van der Waals surface area contributed by atoms with Crippen LogP contribution < -0.4 is 9.47 Å². The van der Waals surface area contributed by atoms with Gasteiger partial charge in [0.25, 0.3) is 0 Å². The smallest absolute Gasteiger partial charge is 0.314 e. The van der Waals surface area contributed by atoms with Crippen molar-refractivity contribution in [3.05, 3.63) is 29.6 Å². The number of furan rings is 1. The molecular weight excluding hydrogens is 562 g/mol. The lowest BCUT2D eigenvalue weighted by Gasteiger charge is -2.25. The minimum Gasteiger partial charge on any atom is -0.443 e. The molecule has 2 saturated carbocycles. The monoisotopic (exact) mass is 593 g/mol. The Kier molecular flexibility index (Phi) is 7.78. The Bertz CT molecular complexity index is 1520. The Morgan fingerprint density at radius 3 is 1.88 bits per heavy atom. The van der Waals surface area contributed by atoms with Gasteiger partial charge < -0.3 is 13.9 Å². The van der Waals surface area contributed by atoms with Gasteiger partial charge in [-0.05, 0) is 94.9 Å². The van der Waals surface area contributed by atoms with Crippen molar-refractivity contribution >= 4 is 66.7 Å². The number of fused-ring (bicyclic) bond motifs is 2. The number of thiophene rings is 1. The number of rotatable bonds is 7. The number of ether oxygens (including phenoxy) is 2. The summed E-state index contributed by atoms with van der Waals surface area (Å²) in [6, 6.07) is 7.17. The average molecular weight is 594 g/mol. The van der Waals surface area contributed by atoms with Crippen LogP contribution in [0.15, 0.2) is 34.1 Å². The molecule has 10 heteroatoms. The van der Waals surface area contributed by atoms with Crippen LogP contribution in [0.3, 0.4) is 0 Å². The van der Waals surface area contributed by atoms with Gasteiger partial charge in [-0.1, -0.05) is 0 Å². The van der Waals surface area contributed by atoms with E-state index in [1.54, 1.807) is 26.0 Å². The molecule has 0 bridgehead atoms. The van der Waals surface area contributed by atoms with Crippen molar-refractivity contribution in [1.29, 1.82) is 0 Å². The van der Waals surface area contributed by atoms with Crippen molar-refractivity contribution in [3.8, 4) is 22.3 Å². The number of Topliss-reactive ketones (excluding diaryl/α,β-unsaturated/α-hetero) is 2. The molecular formula is C31H31NO7S2. The fraction of sp³-hybridized carbons (Fsp3) is 0.452. The zero-order valence-corrected chi connectivity index (χ0v) is 24.6. The third kappa shape index (κ3) is 5.72. The Balaban J connectivity index is 1.27. The van der Waals surface area contributed by atoms with Gasteiger partial charge in [-0.15, -0.1) is 22.7 Å². The average Bonchev–Trinajstić information content (AvgIpc) is 3.70. The molecule has 0 amide bonds. The molecule has 2 fully saturated rings. The number of benzene rings is 1. The van der Waals surface area contributed by atoms with Crippen molar-refractivity contribution in [1.82, 2.24) is 4.98 Å². The second-order valence-electron chi connectivity index (χ2n) is 11.2. The van der Waals surface area contributed by atoms with Crippen LogP contribution in [0.1, 0.15) is 65.2 Å². The summed E-state index contributed by atoms with van der Waals surface area (Å²) in [6.45, 7) is 3.21. The van der Waals surface area contributed by atoms with Gasteiger partial charge in [0.1, 0.15) is 21.8 Å². The van der Waals surface area contributed by atoms with E-state index in [4.69, 9.17) is 18.9 Å². The molecule has 0 aliphatic heterocycles. The van der Waals surface area contributed by atoms with Gasteiger partial charge in [0, 0.05) is 17.2 Å². The highest BCUT2D eigenvalue weighted by Crippen LogP contribution is 2.43. The lowest BCUT2D eigenvalue weighted by molar-refractivity contribution is -0.141. The third-order valence-electron chi connectivity index (χ3n) is 8.52. The summed E-state index contributed by atoms with van der Waals surface area (Å²) in [7, 11) is 0. The summed E-state index contributed by atoms with van der Waals surface area (Å²) >= 11 is 2.82. The molecule has 1 aromatic carbocycles. The van der Waals surface area contributed by atoms with Crippen molar-refractivity contribution in [2.45, 2.75) is 65.2 Å². The van der Waals surface area contributed by atoms with E-state index in [0.717, 1.165) is 10.3 Å². The Morgan fingerprint density at radius 1 is 0.780 bits per heavy atom. The fourth-order valence-electron chi connectivity index (χ4n) is 5.95. The van der Waals surface area contributed by atoms with Gasteiger partial charge in [0.15, 0.2) is 27.2 Å². The maximum absolute atomic E-state index is 13.1. The molecule has 0 spiro atoms. The van der Waals surface area contributed by atoms with Crippen LogP contribution in [-0.4, -0.2) is 28.5 Å². The number of ketones is 2. The number of thiazole rings is 1. The highest BCUT2D eigenvalue weighted by Gasteiger charge is 2.32. The lowest BCUT2D eigenvalue weighted by atomic mass is 9.80. The molecule has 4 aromatic rings. The maximum atomic E-state index is 13.1. The minimum absolute atomic E-state index is 0.0151. The first kappa shape index (κ1) is 27.8. The number of hydrogen-bond donors (Lipinski definition) is 0. The zero-order chi connectivity index (χ0) is 28.7. The SMILES string of the molecule is CC(=O)C1CCC(C(=O)Oc2ccc(OC(=O)C3CCC(C(C)=O)CC3)c3sc(-c4cc5ccsc5o4)nc23)CC1. The van der Waals surface area contributed by atoms with Crippen LogP contribution in [-0.2, 0) is 19.2 Å². The molecule has 214 valence electrons. The van der Waals surface area contributed by atoms with Gasteiger partial charge in [0.2, 0.25) is 0 Å².